The Morgan fingerprint density at radius 2 is 0.918 bits per heavy atom. The van der Waals surface area contributed by atoms with Crippen LogP contribution < -0.4 is 16.4 Å². The van der Waals surface area contributed by atoms with E-state index in [-0.39, 0.29) is 22.5 Å². The van der Waals surface area contributed by atoms with Gasteiger partial charge in [-0.3, -0.25) is 9.59 Å². The second kappa shape index (κ2) is 16.9. The molecule has 4 aromatic carbocycles. The Kier molecular flexibility index (Phi) is 12.4. The summed E-state index contributed by atoms with van der Waals surface area (Å²) >= 11 is 0. The Hall–Kier alpha value is -5.88. The van der Waals surface area contributed by atoms with Gasteiger partial charge >= 0.3 is 11.9 Å². The minimum atomic E-state index is -1.40. The van der Waals surface area contributed by atoms with Crippen LogP contribution in [0.2, 0.25) is 0 Å². The van der Waals surface area contributed by atoms with E-state index in [0.29, 0.717) is 45.8 Å². The van der Waals surface area contributed by atoms with Gasteiger partial charge in [-0.25, -0.2) is 9.59 Å². The maximum Gasteiger partial charge on any atom is 0.339 e. The summed E-state index contributed by atoms with van der Waals surface area (Å²) < 4.78 is 15.0. The van der Waals surface area contributed by atoms with Gasteiger partial charge in [0.05, 0.1) is 22.6 Å². The first-order valence-corrected chi connectivity index (χ1v) is 20.5. The van der Waals surface area contributed by atoms with Gasteiger partial charge in [-0.2, -0.15) is 0 Å². The van der Waals surface area contributed by atoms with Crippen molar-refractivity contribution < 1.29 is 29.3 Å². The first kappa shape index (κ1) is 44.7. The molecule has 0 spiro atoms. The van der Waals surface area contributed by atoms with Gasteiger partial charge in [0, 0.05) is 49.1 Å². The summed E-state index contributed by atoms with van der Waals surface area (Å²) in [6.07, 6.45) is -2.81. The van der Waals surface area contributed by atoms with Crippen LogP contribution in [0.25, 0.3) is 43.8 Å². The normalized spacial score (nSPS) is 13.2. The van der Waals surface area contributed by atoms with Crippen molar-refractivity contribution in [1.29, 1.82) is 0 Å². The molecule has 320 valence electrons. The molecule has 0 radical (unpaired) electrons. The molecule has 3 N–H and O–H groups in total. The van der Waals surface area contributed by atoms with Crippen molar-refractivity contribution >= 4 is 33.5 Å². The average Bonchev–Trinajstić information content (AvgIpc) is 3.17. The van der Waals surface area contributed by atoms with Crippen LogP contribution in [-0.4, -0.2) is 42.5 Å². The average molecular weight is 828 g/mol. The number of hydrogen-bond acceptors (Lipinski definition) is 7. The van der Waals surface area contributed by atoms with Crippen LogP contribution in [0.1, 0.15) is 98.5 Å². The molecule has 0 amide bonds. The molecule has 11 nitrogen and oxygen atoms in total. The molecule has 0 aliphatic heterocycles. The Bertz CT molecular complexity index is 2640. The van der Waals surface area contributed by atoms with Crippen LogP contribution in [0.5, 0.6) is 0 Å². The molecule has 6 aromatic rings. The molecule has 2 heterocycles. The highest BCUT2D eigenvalue weighted by atomic mass is 16.5. The number of aliphatic carboxylic acids is 2. The number of carboxylic acid groups (broad SMARTS) is 2. The van der Waals surface area contributed by atoms with E-state index in [1.165, 1.54) is 9.13 Å². The minimum absolute atomic E-state index is 0.268. The van der Waals surface area contributed by atoms with E-state index >= 15 is 0 Å². The molecular weight excluding hydrogens is 771 g/mol. The molecule has 0 bridgehead atoms. The molecule has 2 atom stereocenters. The Balaban J connectivity index is 1.40. The molecule has 6 rings (SSSR count). The van der Waals surface area contributed by atoms with Crippen molar-refractivity contribution in [3.8, 4) is 22.3 Å². The zero-order valence-corrected chi connectivity index (χ0v) is 37.2. The largest absolute Gasteiger partial charge is 0.479 e. The number of pyridine rings is 2. The van der Waals surface area contributed by atoms with Gasteiger partial charge in [0.1, 0.15) is 0 Å². The predicted octanol–water partition coefficient (Wildman–Crippen LogP) is 9.13. The fourth-order valence-corrected chi connectivity index (χ4v) is 7.90. The first-order valence-electron chi connectivity index (χ1n) is 20.5. The zero-order chi connectivity index (χ0) is 44.9. The van der Waals surface area contributed by atoms with Crippen LogP contribution >= 0.6 is 0 Å². The summed E-state index contributed by atoms with van der Waals surface area (Å²) in [4.78, 5) is 53.9. The quantitative estimate of drug-likeness (QED) is 0.110. The molecule has 61 heavy (non-hydrogen) atoms. The lowest BCUT2D eigenvalue weighted by molar-refractivity contribution is -0.161. The Labute approximate surface area is 356 Å². The van der Waals surface area contributed by atoms with Crippen LogP contribution in [-0.2, 0) is 46.2 Å². The maximum atomic E-state index is 14.1. The molecular formula is C50H57N3O8. The third-order valence-electron chi connectivity index (χ3n) is 11.1. The molecule has 2 unspecified atom stereocenters. The third kappa shape index (κ3) is 9.24. The van der Waals surface area contributed by atoms with Gasteiger partial charge in [0.2, 0.25) is 0 Å². The zero-order valence-electron chi connectivity index (χ0n) is 37.2. The van der Waals surface area contributed by atoms with Crippen molar-refractivity contribution in [1.82, 2.24) is 14.5 Å². The Morgan fingerprint density at radius 1 is 0.557 bits per heavy atom. The number of hydrogen-bond donors (Lipinski definition) is 3. The summed E-state index contributed by atoms with van der Waals surface area (Å²) in [5, 5.41) is 26.5. The smallest absolute Gasteiger partial charge is 0.339 e. The lowest BCUT2D eigenvalue weighted by Crippen LogP contribution is -2.33. The number of rotatable bonds is 12. The lowest BCUT2D eigenvalue weighted by atomic mass is 9.91. The highest BCUT2D eigenvalue weighted by Gasteiger charge is 2.35. The van der Waals surface area contributed by atoms with E-state index in [2.05, 4.69) is 5.32 Å². The molecule has 0 saturated heterocycles. The number of benzene rings is 4. The number of nitrogens with one attached hydrogen (secondary N) is 1. The van der Waals surface area contributed by atoms with Gasteiger partial charge in [0.25, 0.3) is 11.1 Å². The molecule has 0 aliphatic carbocycles. The summed E-state index contributed by atoms with van der Waals surface area (Å²) in [5.41, 5.74) is 6.95. The second-order valence-corrected chi connectivity index (χ2v) is 18.1. The number of aryl methyl sites for hydroxylation is 4. The number of carboxylic acids is 2. The van der Waals surface area contributed by atoms with Crippen LogP contribution in [0, 0.1) is 27.7 Å². The molecule has 2 aromatic heterocycles. The van der Waals surface area contributed by atoms with E-state index in [1.807, 2.05) is 100 Å². The van der Waals surface area contributed by atoms with Crippen molar-refractivity contribution in [2.45, 2.75) is 106 Å². The van der Waals surface area contributed by atoms with Crippen molar-refractivity contribution in [2.75, 3.05) is 0 Å². The van der Waals surface area contributed by atoms with Crippen LogP contribution in [0.3, 0.4) is 0 Å². The molecule has 0 aliphatic rings. The first-order chi connectivity index (χ1) is 28.5. The van der Waals surface area contributed by atoms with E-state index in [1.54, 1.807) is 55.6 Å². The maximum absolute atomic E-state index is 14.1. The molecule has 0 saturated carbocycles. The van der Waals surface area contributed by atoms with E-state index in [4.69, 9.17) is 9.47 Å². The van der Waals surface area contributed by atoms with Gasteiger partial charge in [-0.15, -0.1) is 0 Å². The standard InChI is InChI=1S/C50H57N3O8/c1-27-13-17-33(21-29(27)3)39-35-19-15-31(23-37(35)45(54)52(11)41(39)43(47(56)57)60-49(5,6)7)25-51-26-32-16-20-36-38(24-32)46(55)53(12)42(44(48(58)59)61-50(8,9)10)40(36)34-18-14-28(2)30(4)22-34/h13-24,43-44,51H,25-26H2,1-12H3,(H,56,57)(H,58,59). The lowest BCUT2D eigenvalue weighted by Gasteiger charge is -2.29. The number of fused-ring (bicyclic) bond motifs is 2. The Morgan fingerprint density at radius 3 is 1.23 bits per heavy atom. The number of nitrogens with zero attached hydrogens (tertiary/aromatic N) is 2. The second-order valence-electron chi connectivity index (χ2n) is 18.1. The van der Waals surface area contributed by atoms with Gasteiger partial charge < -0.3 is 34.1 Å². The van der Waals surface area contributed by atoms with E-state index < -0.39 is 35.3 Å². The highest BCUT2D eigenvalue weighted by molar-refractivity contribution is 6.00. The van der Waals surface area contributed by atoms with Crippen molar-refractivity contribution in [3.05, 3.63) is 138 Å². The molecule has 11 heteroatoms. The SMILES string of the molecule is Cc1ccc(-c2c(C(OC(C)(C)C)C(=O)O)n(C)c(=O)c3cc(CNCc4ccc5c(-c6ccc(C)c(C)c6)c(C(OC(C)(C)C)C(=O)O)n(C)c(=O)c5c4)ccc23)cc1C. The summed E-state index contributed by atoms with van der Waals surface area (Å²) in [5.74, 6) is -2.38. The number of ether oxygens (including phenoxy) is 2. The monoisotopic (exact) mass is 827 g/mol. The van der Waals surface area contributed by atoms with Crippen LogP contribution in [0.4, 0.5) is 0 Å². The topological polar surface area (TPSA) is 149 Å². The fourth-order valence-electron chi connectivity index (χ4n) is 7.90. The number of aromatic nitrogens is 2. The summed E-state index contributed by atoms with van der Waals surface area (Å²) in [6.45, 7) is 19.5. The number of carbonyl (C=O) groups is 2. The minimum Gasteiger partial charge on any atom is -0.479 e. The van der Waals surface area contributed by atoms with Gasteiger partial charge in [0.15, 0.2) is 12.2 Å². The predicted molar refractivity (Wildman–Crippen MR) is 241 cm³/mol. The third-order valence-corrected chi connectivity index (χ3v) is 11.1. The van der Waals surface area contributed by atoms with Gasteiger partial charge in [-0.05, 0) is 137 Å². The fraction of sp³-hybridized carbons (Fsp3) is 0.360. The van der Waals surface area contributed by atoms with E-state index in [9.17, 15) is 29.4 Å². The van der Waals surface area contributed by atoms with Crippen molar-refractivity contribution in [2.24, 2.45) is 14.1 Å². The summed E-state index contributed by atoms with van der Waals surface area (Å²) in [7, 11) is 3.18. The summed E-state index contributed by atoms with van der Waals surface area (Å²) in [6, 6.07) is 23.2. The molecule has 0 fully saturated rings. The van der Waals surface area contributed by atoms with Gasteiger partial charge in [-0.1, -0.05) is 60.7 Å². The highest BCUT2D eigenvalue weighted by Crippen LogP contribution is 2.39. The van der Waals surface area contributed by atoms with Crippen molar-refractivity contribution in [3.63, 3.8) is 0 Å². The van der Waals surface area contributed by atoms with Crippen LogP contribution in [0.15, 0.2) is 82.4 Å². The van der Waals surface area contributed by atoms with E-state index in [0.717, 1.165) is 44.5 Å².